The van der Waals surface area contributed by atoms with Crippen molar-refractivity contribution < 1.29 is 19.4 Å². The number of ether oxygens (including phenoxy) is 1. The van der Waals surface area contributed by atoms with Crippen molar-refractivity contribution >= 4 is 11.9 Å². The Kier molecular flexibility index (Phi) is 4.73. The Bertz CT molecular complexity index is 342. The molecule has 108 valence electrons. The molecule has 2 rings (SSSR count). The molecule has 0 aromatic rings. The van der Waals surface area contributed by atoms with Gasteiger partial charge in [-0.1, -0.05) is 0 Å². The molecule has 0 radical (unpaired) electrons. The lowest BCUT2D eigenvalue weighted by Crippen LogP contribution is -2.55. The van der Waals surface area contributed by atoms with E-state index >= 15 is 0 Å². The van der Waals surface area contributed by atoms with E-state index in [0.29, 0.717) is 13.2 Å². The number of nitrogens with zero attached hydrogens (tertiary/aromatic N) is 3. The first-order valence-corrected chi connectivity index (χ1v) is 6.59. The molecule has 0 aromatic carbocycles. The van der Waals surface area contributed by atoms with Gasteiger partial charge in [0.1, 0.15) is 6.04 Å². The molecule has 2 aliphatic rings. The second-order valence-electron chi connectivity index (χ2n) is 5.08. The molecule has 1 atom stereocenters. The number of piperazine rings is 1. The van der Waals surface area contributed by atoms with Gasteiger partial charge in [0.2, 0.25) is 5.91 Å². The van der Waals surface area contributed by atoms with Gasteiger partial charge in [-0.25, -0.2) is 0 Å². The van der Waals surface area contributed by atoms with Gasteiger partial charge in [0.15, 0.2) is 0 Å². The highest BCUT2D eigenvalue weighted by atomic mass is 16.5. The van der Waals surface area contributed by atoms with Crippen LogP contribution in [0.3, 0.4) is 0 Å². The molecule has 2 fully saturated rings. The number of hydrogen-bond acceptors (Lipinski definition) is 5. The molecular formula is C12H21N3O4. The minimum absolute atomic E-state index is 0.0150. The number of carbonyl (C=O) groups excluding carboxylic acids is 1. The fourth-order valence-electron chi connectivity index (χ4n) is 2.38. The molecule has 0 aromatic heterocycles. The Labute approximate surface area is 112 Å². The summed E-state index contributed by atoms with van der Waals surface area (Å²) in [5.41, 5.74) is 0. The quantitative estimate of drug-likeness (QED) is 0.677. The lowest BCUT2D eigenvalue weighted by atomic mass is 10.2. The van der Waals surface area contributed by atoms with Crippen LogP contribution < -0.4 is 0 Å². The lowest BCUT2D eigenvalue weighted by molar-refractivity contribution is -0.151. The zero-order chi connectivity index (χ0) is 13.8. The summed E-state index contributed by atoms with van der Waals surface area (Å²) in [5.74, 6) is -0.910. The van der Waals surface area contributed by atoms with Gasteiger partial charge < -0.3 is 19.6 Å². The number of carboxylic acid groups (broad SMARTS) is 1. The topological polar surface area (TPSA) is 73.3 Å². The fourth-order valence-corrected chi connectivity index (χ4v) is 2.38. The second-order valence-corrected chi connectivity index (χ2v) is 5.08. The largest absolute Gasteiger partial charge is 0.480 e. The maximum Gasteiger partial charge on any atom is 0.323 e. The van der Waals surface area contributed by atoms with Crippen molar-refractivity contribution in [1.29, 1.82) is 0 Å². The molecular weight excluding hydrogens is 250 g/mol. The minimum atomic E-state index is -0.925. The van der Waals surface area contributed by atoms with E-state index in [0.717, 1.165) is 26.2 Å². The Morgan fingerprint density at radius 1 is 1.21 bits per heavy atom. The van der Waals surface area contributed by atoms with Gasteiger partial charge in [0.25, 0.3) is 0 Å². The van der Waals surface area contributed by atoms with Crippen molar-refractivity contribution in [3.05, 3.63) is 0 Å². The number of carbonyl (C=O) groups is 2. The molecule has 2 aliphatic heterocycles. The number of carboxylic acids is 1. The maximum atomic E-state index is 12.2. The number of likely N-dealkylation sites (N-methyl/N-ethyl adjacent to an activating group) is 1. The van der Waals surface area contributed by atoms with Crippen LogP contribution in [-0.4, -0.2) is 97.3 Å². The first kappa shape index (κ1) is 14.2. The third-order valence-electron chi connectivity index (χ3n) is 3.72. The van der Waals surface area contributed by atoms with Crippen LogP contribution in [0.5, 0.6) is 0 Å². The van der Waals surface area contributed by atoms with Crippen LogP contribution in [0.15, 0.2) is 0 Å². The summed E-state index contributed by atoms with van der Waals surface area (Å²) in [4.78, 5) is 29.0. The Morgan fingerprint density at radius 3 is 2.53 bits per heavy atom. The summed E-state index contributed by atoms with van der Waals surface area (Å²) in [7, 11) is 2.03. The minimum Gasteiger partial charge on any atom is -0.480 e. The van der Waals surface area contributed by atoms with Gasteiger partial charge in [-0.2, -0.15) is 0 Å². The molecule has 0 aliphatic carbocycles. The van der Waals surface area contributed by atoms with Gasteiger partial charge in [0, 0.05) is 32.7 Å². The zero-order valence-corrected chi connectivity index (χ0v) is 11.2. The van der Waals surface area contributed by atoms with Gasteiger partial charge >= 0.3 is 5.97 Å². The predicted molar refractivity (Wildman–Crippen MR) is 67.9 cm³/mol. The molecule has 1 amide bonds. The van der Waals surface area contributed by atoms with E-state index in [2.05, 4.69) is 4.90 Å². The number of amides is 1. The molecule has 0 saturated carbocycles. The van der Waals surface area contributed by atoms with Crippen LogP contribution >= 0.6 is 0 Å². The highest BCUT2D eigenvalue weighted by molar-refractivity contribution is 5.80. The van der Waals surface area contributed by atoms with Crippen molar-refractivity contribution in [3.63, 3.8) is 0 Å². The molecule has 19 heavy (non-hydrogen) atoms. The van der Waals surface area contributed by atoms with Crippen LogP contribution in [0.4, 0.5) is 0 Å². The standard InChI is InChI=1S/C12H21N3O4/c1-13-2-4-14(5-3-13)11(16)8-15-6-7-19-9-10(15)12(17)18/h10H,2-9H2,1H3,(H,17,18). The highest BCUT2D eigenvalue weighted by Gasteiger charge is 2.31. The molecule has 7 heteroatoms. The smallest absolute Gasteiger partial charge is 0.323 e. The van der Waals surface area contributed by atoms with E-state index in [1.54, 1.807) is 4.90 Å². The zero-order valence-electron chi connectivity index (χ0n) is 11.2. The SMILES string of the molecule is CN1CCN(C(=O)CN2CCOCC2C(=O)O)CC1. The molecule has 2 saturated heterocycles. The molecule has 0 spiro atoms. The van der Waals surface area contributed by atoms with Gasteiger partial charge in [-0.3, -0.25) is 14.5 Å². The predicted octanol–water partition coefficient (Wildman–Crippen LogP) is -1.45. The van der Waals surface area contributed by atoms with Gasteiger partial charge in [0.05, 0.1) is 19.8 Å². The second kappa shape index (κ2) is 6.31. The van der Waals surface area contributed by atoms with Crippen molar-refractivity contribution in [2.24, 2.45) is 0 Å². The average Bonchev–Trinajstić information content (AvgIpc) is 2.39. The number of aliphatic carboxylic acids is 1. The van der Waals surface area contributed by atoms with Crippen molar-refractivity contribution in [2.75, 3.05) is 59.5 Å². The third-order valence-corrected chi connectivity index (χ3v) is 3.72. The number of hydrogen-bond donors (Lipinski definition) is 1. The molecule has 2 heterocycles. The maximum absolute atomic E-state index is 12.2. The van der Waals surface area contributed by atoms with E-state index in [1.165, 1.54) is 0 Å². The van der Waals surface area contributed by atoms with E-state index in [9.17, 15) is 9.59 Å². The molecule has 1 N–H and O–H groups in total. The van der Waals surface area contributed by atoms with Crippen molar-refractivity contribution in [1.82, 2.24) is 14.7 Å². The Hall–Kier alpha value is -1.18. The first-order valence-electron chi connectivity index (χ1n) is 6.59. The lowest BCUT2D eigenvalue weighted by Gasteiger charge is -2.36. The van der Waals surface area contributed by atoms with E-state index in [1.807, 2.05) is 11.9 Å². The van der Waals surface area contributed by atoms with Crippen LogP contribution in [-0.2, 0) is 14.3 Å². The van der Waals surface area contributed by atoms with Crippen LogP contribution in [0.1, 0.15) is 0 Å². The summed E-state index contributed by atoms with van der Waals surface area (Å²) in [6.45, 7) is 4.49. The van der Waals surface area contributed by atoms with E-state index in [-0.39, 0.29) is 19.1 Å². The monoisotopic (exact) mass is 271 g/mol. The van der Waals surface area contributed by atoms with Crippen LogP contribution in [0.2, 0.25) is 0 Å². The highest BCUT2D eigenvalue weighted by Crippen LogP contribution is 2.09. The first-order chi connectivity index (χ1) is 9.08. The van der Waals surface area contributed by atoms with E-state index < -0.39 is 12.0 Å². The summed E-state index contributed by atoms with van der Waals surface area (Å²) in [5, 5.41) is 9.11. The number of rotatable bonds is 3. The Balaban J connectivity index is 1.88. The molecule has 7 nitrogen and oxygen atoms in total. The summed E-state index contributed by atoms with van der Waals surface area (Å²) in [6, 6.07) is -0.704. The number of morpholine rings is 1. The van der Waals surface area contributed by atoms with Gasteiger partial charge in [-0.15, -0.1) is 0 Å². The fraction of sp³-hybridized carbons (Fsp3) is 0.833. The van der Waals surface area contributed by atoms with Crippen LogP contribution in [0.25, 0.3) is 0 Å². The van der Waals surface area contributed by atoms with Crippen LogP contribution in [0, 0.1) is 0 Å². The van der Waals surface area contributed by atoms with Crippen molar-refractivity contribution in [3.8, 4) is 0 Å². The molecule has 0 bridgehead atoms. The van der Waals surface area contributed by atoms with E-state index in [4.69, 9.17) is 9.84 Å². The third kappa shape index (κ3) is 3.65. The average molecular weight is 271 g/mol. The summed E-state index contributed by atoms with van der Waals surface area (Å²) < 4.78 is 5.16. The summed E-state index contributed by atoms with van der Waals surface area (Å²) >= 11 is 0. The summed E-state index contributed by atoms with van der Waals surface area (Å²) in [6.07, 6.45) is 0. The van der Waals surface area contributed by atoms with Gasteiger partial charge in [-0.05, 0) is 7.05 Å². The molecule has 1 unspecified atom stereocenters. The van der Waals surface area contributed by atoms with Crippen molar-refractivity contribution in [2.45, 2.75) is 6.04 Å². The normalized spacial score (nSPS) is 26.4. The Morgan fingerprint density at radius 2 is 1.89 bits per heavy atom.